The van der Waals surface area contributed by atoms with E-state index in [0.717, 1.165) is 4.90 Å². The van der Waals surface area contributed by atoms with Crippen LogP contribution in [0.2, 0.25) is 0 Å². The number of aliphatic hydroxyl groups excluding tert-OH is 2. The maximum atomic E-state index is 11.8. The van der Waals surface area contributed by atoms with Crippen LogP contribution in [0.3, 0.4) is 0 Å². The van der Waals surface area contributed by atoms with Crippen LogP contribution in [0.4, 0.5) is 12.9 Å². The molecule has 74 valence electrons. The third kappa shape index (κ3) is 6.45. The Kier molecular flexibility index (Phi) is 5.27. The fourth-order valence-corrected chi connectivity index (χ4v) is 0.870. The van der Waals surface area contributed by atoms with Gasteiger partial charge < -0.3 is 28.1 Å². The van der Waals surface area contributed by atoms with Crippen LogP contribution in [0.25, 0.3) is 0 Å². The third-order valence-corrected chi connectivity index (χ3v) is 1.30. The number of aliphatic hydroxyl groups is 2. The Labute approximate surface area is 68.8 Å². The molecule has 0 fully saturated rings. The lowest BCUT2D eigenvalue weighted by Gasteiger charge is -2.26. The molecule has 0 spiro atoms. The Morgan fingerprint density at radius 1 is 1.00 bits per heavy atom. The van der Waals surface area contributed by atoms with Crippen LogP contribution in [0.15, 0.2) is 0 Å². The van der Waals surface area contributed by atoms with Gasteiger partial charge in [-0.3, -0.25) is 0 Å². The average Bonchev–Trinajstić information content (AvgIpc) is 1.84. The van der Waals surface area contributed by atoms with E-state index in [1.807, 2.05) is 0 Å². The van der Waals surface area contributed by atoms with Gasteiger partial charge in [-0.05, 0) is 6.44 Å². The van der Waals surface area contributed by atoms with E-state index in [2.05, 4.69) is 0 Å². The average molecular weight is 186 g/mol. The van der Waals surface area contributed by atoms with Gasteiger partial charge in [-0.15, -0.1) is 0 Å². The maximum absolute atomic E-state index is 11.8. The summed E-state index contributed by atoms with van der Waals surface area (Å²) in [5, 5.41) is 16.8. The highest BCUT2D eigenvalue weighted by molar-refractivity contribution is 6.58. The van der Waals surface area contributed by atoms with Gasteiger partial charge in [0.25, 0.3) is 0 Å². The Morgan fingerprint density at radius 2 is 1.42 bits per heavy atom. The summed E-state index contributed by atoms with van der Waals surface area (Å²) in [6, 6.07) is 0. The van der Waals surface area contributed by atoms with Crippen LogP contribution in [0.5, 0.6) is 0 Å². The molecule has 0 atom stereocenters. The smallest absolute Gasteiger partial charge is 0.448 e. The largest absolute Gasteiger partial charge is 0.492 e. The minimum atomic E-state index is -4.87. The van der Waals surface area contributed by atoms with E-state index >= 15 is 0 Å². The van der Waals surface area contributed by atoms with Crippen molar-refractivity contribution in [3.8, 4) is 0 Å². The van der Waals surface area contributed by atoms with Crippen molar-refractivity contribution in [1.29, 1.82) is 0 Å². The second-order valence-corrected chi connectivity index (χ2v) is 2.46. The Morgan fingerprint density at radius 3 is 1.67 bits per heavy atom. The van der Waals surface area contributed by atoms with Gasteiger partial charge in [-0.25, -0.2) is 0 Å². The molecule has 12 heavy (non-hydrogen) atoms. The normalized spacial score (nSPS) is 12.5. The fraction of sp³-hybridized carbons (Fsp3) is 1.00. The van der Waals surface area contributed by atoms with Crippen LogP contribution in [-0.4, -0.2) is 54.8 Å². The predicted octanol–water partition coefficient (Wildman–Crippen LogP) is -0.340. The highest BCUT2D eigenvalue weighted by Crippen LogP contribution is 2.09. The van der Waals surface area contributed by atoms with Gasteiger partial charge in [0.15, 0.2) is 0 Å². The fourth-order valence-electron chi connectivity index (χ4n) is 0.870. The summed E-state index contributed by atoms with van der Waals surface area (Å²) in [5.74, 6) is 0. The molecular weight excluding hydrogens is 174 g/mol. The molecule has 0 amide bonds. The summed E-state index contributed by atoms with van der Waals surface area (Å²) in [7, 11) is 0. The number of hydrogen-bond donors (Lipinski definition) is 2. The van der Waals surface area contributed by atoms with Crippen molar-refractivity contribution in [1.82, 2.24) is 4.90 Å². The zero-order chi connectivity index (χ0) is 9.61. The first kappa shape index (κ1) is 11.7. The van der Waals surface area contributed by atoms with Gasteiger partial charge in [-0.2, -0.15) is 0 Å². The number of nitrogens with zero attached hydrogens (tertiary/aromatic N) is 1. The van der Waals surface area contributed by atoms with Crippen molar-refractivity contribution in [3.05, 3.63) is 0 Å². The van der Waals surface area contributed by atoms with Crippen molar-refractivity contribution in [3.63, 3.8) is 0 Å². The second-order valence-electron chi connectivity index (χ2n) is 2.46. The van der Waals surface area contributed by atoms with Gasteiger partial charge in [0.1, 0.15) is 0 Å². The van der Waals surface area contributed by atoms with Gasteiger partial charge >= 0.3 is 6.98 Å². The van der Waals surface area contributed by atoms with Crippen LogP contribution < -0.4 is 0 Å². The molecule has 7 heteroatoms. The molecule has 0 aromatic heterocycles. The first-order chi connectivity index (χ1) is 5.49. The molecule has 0 rings (SSSR count). The first-order valence-corrected chi connectivity index (χ1v) is 3.64. The van der Waals surface area contributed by atoms with E-state index in [0.29, 0.717) is 0 Å². The summed E-state index contributed by atoms with van der Waals surface area (Å²) in [6.45, 7) is -5.63. The van der Waals surface area contributed by atoms with Gasteiger partial charge in [0.05, 0.1) is 13.2 Å². The molecule has 0 heterocycles. The zero-order valence-electron chi connectivity index (χ0n) is 6.59. The Bertz CT molecular complexity index is 116. The van der Waals surface area contributed by atoms with Crippen LogP contribution in [-0.2, 0) is 0 Å². The topological polar surface area (TPSA) is 43.7 Å². The first-order valence-electron chi connectivity index (χ1n) is 3.64. The van der Waals surface area contributed by atoms with Crippen molar-refractivity contribution >= 4 is 6.98 Å². The minimum absolute atomic E-state index is 0.0537. The van der Waals surface area contributed by atoms with Gasteiger partial charge in [-0.1, -0.05) is 0 Å². The molecule has 0 aliphatic rings. The van der Waals surface area contributed by atoms with Crippen molar-refractivity contribution in [2.24, 2.45) is 0 Å². The minimum Gasteiger partial charge on any atom is -0.448 e. The van der Waals surface area contributed by atoms with E-state index in [-0.39, 0.29) is 26.3 Å². The van der Waals surface area contributed by atoms with Crippen LogP contribution >= 0.6 is 0 Å². The van der Waals surface area contributed by atoms with E-state index in [1.54, 1.807) is 0 Å². The number of hydrogen-bond acceptors (Lipinski definition) is 3. The van der Waals surface area contributed by atoms with E-state index < -0.39 is 13.4 Å². The van der Waals surface area contributed by atoms with E-state index in [9.17, 15) is 12.9 Å². The highest BCUT2D eigenvalue weighted by atomic mass is 19.4. The molecule has 0 aromatic rings. The number of rotatable bonds is 6. The summed E-state index contributed by atoms with van der Waals surface area (Å²) < 4.78 is 35.4. The SMILES string of the molecule is OCCN(CCO)C[B-](F)(F)F. The number of halogens is 3. The highest BCUT2D eigenvalue weighted by Gasteiger charge is 2.25. The standard InChI is InChI=1S/C5H12BF3NO2/c7-6(8,9)5-10(1-3-11)2-4-12/h11-12H,1-5H2/q-1. The lowest BCUT2D eigenvalue weighted by molar-refractivity contribution is 0.167. The van der Waals surface area contributed by atoms with Gasteiger partial charge in [0, 0.05) is 13.1 Å². The molecule has 2 N–H and O–H groups in total. The molecule has 0 radical (unpaired) electrons. The summed E-state index contributed by atoms with van der Waals surface area (Å²) in [6.07, 6.45) is -1.03. The molecule has 3 nitrogen and oxygen atoms in total. The summed E-state index contributed by atoms with van der Waals surface area (Å²) >= 11 is 0. The predicted molar refractivity (Wildman–Crippen MR) is 39.7 cm³/mol. The van der Waals surface area contributed by atoms with Crippen LogP contribution in [0, 0.1) is 0 Å². The van der Waals surface area contributed by atoms with E-state index in [1.165, 1.54) is 0 Å². The molecule has 0 aliphatic heterocycles. The van der Waals surface area contributed by atoms with E-state index in [4.69, 9.17) is 10.2 Å². The van der Waals surface area contributed by atoms with Crippen molar-refractivity contribution < 1.29 is 23.2 Å². The molecule has 0 saturated heterocycles. The molecule has 0 aliphatic carbocycles. The van der Waals surface area contributed by atoms with Crippen molar-refractivity contribution in [2.75, 3.05) is 32.7 Å². The van der Waals surface area contributed by atoms with Crippen molar-refractivity contribution in [2.45, 2.75) is 0 Å². The lowest BCUT2D eigenvalue weighted by Crippen LogP contribution is -2.41. The Hall–Kier alpha value is -0.265. The Balaban J connectivity index is 3.77. The monoisotopic (exact) mass is 186 g/mol. The molecular formula is C5H12BF3NO2-. The summed E-state index contributed by atoms with van der Waals surface area (Å²) in [5.41, 5.74) is 0. The molecule has 0 aromatic carbocycles. The molecule has 0 unspecified atom stereocenters. The third-order valence-electron chi connectivity index (χ3n) is 1.30. The zero-order valence-corrected chi connectivity index (χ0v) is 6.59. The quantitative estimate of drug-likeness (QED) is 0.557. The second kappa shape index (κ2) is 5.39. The van der Waals surface area contributed by atoms with Gasteiger partial charge in [0.2, 0.25) is 0 Å². The lowest BCUT2D eigenvalue weighted by atomic mass is 9.91. The summed E-state index contributed by atoms with van der Waals surface area (Å²) in [4.78, 5) is 0.972. The molecule has 0 bridgehead atoms. The molecule has 0 saturated carbocycles. The van der Waals surface area contributed by atoms with Crippen LogP contribution in [0.1, 0.15) is 0 Å². The maximum Gasteiger partial charge on any atom is 0.492 e.